The van der Waals surface area contributed by atoms with Gasteiger partial charge < -0.3 is 0 Å². The molecule has 0 unspecified atom stereocenters. The van der Waals surface area contributed by atoms with Gasteiger partial charge in [0.05, 0.1) is 6.54 Å². The van der Waals surface area contributed by atoms with Crippen molar-refractivity contribution in [2.75, 3.05) is 0 Å². The molecule has 0 spiro atoms. The Morgan fingerprint density at radius 3 is 1.85 bits per heavy atom. The van der Waals surface area contributed by atoms with Crippen molar-refractivity contribution in [3.63, 3.8) is 0 Å². The van der Waals surface area contributed by atoms with Crippen molar-refractivity contribution in [1.82, 2.24) is 14.1 Å². The highest BCUT2D eigenvalue weighted by Crippen LogP contribution is 2.37. The van der Waals surface area contributed by atoms with Crippen LogP contribution in [0.5, 0.6) is 0 Å². The Bertz CT molecular complexity index is 1140. The molecule has 5 rings (SSSR count). The fourth-order valence-corrected chi connectivity index (χ4v) is 7.81. The molecule has 0 radical (unpaired) electrons. The summed E-state index contributed by atoms with van der Waals surface area (Å²) in [6.07, 6.45) is 12.5. The van der Waals surface area contributed by atoms with Crippen molar-refractivity contribution >= 4 is 10.0 Å². The smallest absolute Gasteiger partial charge is 0.247 e. The Balaban J connectivity index is 1.58. The van der Waals surface area contributed by atoms with Crippen LogP contribution in [0.15, 0.2) is 71.8 Å². The SMILES string of the molecule is O=S(=O)(c1cn(Cc2ccccc2)nc1-c1ccccc1)N(C1CCCCC1)C1CCCCC1. The van der Waals surface area contributed by atoms with Crippen LogP contribution in [0.4, 0.5) is 0 Å². The third-order valence-electron chi connectivity index (χ3n) is 7.39. The molecule has 1 heterocycles. The highest BCUT2D eigenvalue weighted by molar-refractivity contribution is 7.89. The van der Waals surface area contributed by atoms with Crippen molar-refractivity contribution in [3.8, 4) is 11.3 Å². The van der Waals surface area contributed by atoms with Crippen LogP contribution >= 0.6 is 0 Å². The van der Waals surface area contributed by atoms with Crippen LogP contribution in [-0.4, -0.2) is 34.6 Å². The van der Waals surface area contributed by atoms with E-state index in [1.54, 1.807) is 10.9 Å². The molecule has 0 saturated heterocycles. The van der Waals surface area contributed by atoms with Crippen LogP contribution in [0.1, 0.15) is 69.8 Å². The molecular formula is C28H35N3O2S. The van der Waals surface area contributed by atoms with Crippen molar-refractivity contribution < 1.29 is 8.42 Å². The van der Waals surface area contributed by atoms with Crippen molar-refractivity contribution in [2.24, 2.45) is 0 Å². The average Bonchev–Trinajstić information content (AvgIpc) is 3.31. The van der Waals surface area contributed by atoms with Crippen LogP contribution < -0.4 is 0 Å². The van der Waals surface area contributed by atoms with Gasteiger partial charge in [-0.25, -0.2) is 8.42 Å². The topological polar surface area (TPSA) is 55.2 Å². The molecule has 2 aliphatic carbocycles. The molecule has 180 valence electrons. The first kappa shape index (κ1) is 23.3. The highest BCUT2D eigenvalue weighted by atomic mass is 32.2. The van der Waals surface area contributed by atoms with Crippen LogP contribution in [0.3, 0.4) is 0 Å². The molecule has 2 aromatic carbocycles. The standard InChI is InChI=1S/C28H35N3O2S/c32-34(33,31(25-17-9-3-10-18-25)26-19-11-4-12-20-26)27-22-30(21-23-13-5-1-6-14-23)29-28(27)24-15-7-2-8-16-24/h1-2,5-8,13-16,22,25-26H,3-4,9-12,17-21H2. The Labute approximate surface area is 203 Å². The fraction of sp³-hybridized carbons (Fsp3) is 0.464. The summed E-state index contributed by atoms with van der Waals surface area (Å²) in [5.41, 5.74) is 2.51. The molecule has 0 bridgehead atoms. The highest BCUT2D eigenvalue weighted by Gasteiger charge is 2.40. The second-order valence-corrected chi connectivity index (χ2v) is 11.6. The van der Waals surface area contributed by atoms with Gasteiger partial charge in [-0.05, 0) is 31.2 Å². The fourth-order valence-electron chi connectivity index (χ4n) is 5.71. The van der Waals surface area contributed by atoms with Gasteiger partial charge >= 0.3 is 0 Å². The van der Waals surface area contributed by atoms with Crippen molar-refractivity contribution in [1.29, 1.82) is 0 Å². The molecule has 1 aromatic heterocycles. The molecular weight excluding hydrogens is 442 g/mol. The minimum atomic E-state index is -3.70. The predicted octanol–water partition coefficient (Wildman–Crippen LogP) is 6.25. The third-order valence-corrected chi connectivity index (χ3v) is 9.39. The summed E-state index contributed by atoms with van der Waals surface area (Å²) in [5.74, 6) is 0. The first-order valence-electron chi connectivity index (χ1n) is 12.8. The molecule has 2 fully saturated rings. The first-order chi connectivity index (χ1) is 16.6. The second-order valence-electron chi connectivity index (χ2n) is 9.81. The maximum atomic E-state index is 14.5. The summed E-state index contributed by atoms with van der Waals surface area (Å²) in [7, 11) is -3.70. The monoisotopic (exact) mass is 477 g/mol. The number of sulfonamides is 1. The second kappa shape index (κ2) is 10.4. The lowest BCUT2D eigenvalue weighted by Crippen LogP contribution is -2.48. The molecule has 0 atom stereocenters. The molecule has 2 saturated carbocycles. The van der Waals surface area contributed by atoms with Crippen LogP contribution in [0.2, 0.25) is 0 Å². The molecule has 0 N–H and O–H groups in total. The van der Waals surface area contributed by atoms with Crippen molar-refractivity contribution in [3.05, 3.63) is 72.4 Å². The lowest BCUT2D eigenvalue weighted by Gasteiger charge is -2.40. The number of hydrogen-bond donors (Lipinski definition) is 0. The number of aromatic nitrogens is 2. The maximum Gasteiger partial charge on any atom is 0.247 e. The van der Waals surface area contributed by atoms with E-state index in [2.05, 4.69) is 12.1 Å². The average molecular weight is 478 g/mol. The Morgan fingerprint density at radius 2 is 1.29 bits per heavy atom. The van der Waals surface area contributed by atoms with Gasteiger partial charge in [0.25, 0.3) is 0 Å². The molecule has 34 heavy (non-hydrogen) atoms. The lowest BCUT2D eigenvalue weighted by atomic mass is 9.91. The van der Waals surface area contributed by atoms with E-state index in [0.29, 0.717) is 17.1 Å². The molecule has 2 aliphatic rings. The van der Waals surface area contributed by atoms with E-state index >= 15 is 0 Å². The van der Waals surface area contributed by atoms with Gasteiger partial charge in [-0.3, -0.25) is 4.68 Å². The van der Waals surface area contributed by atoms with Gasteiger partial charge in [0.1, 0.15) is 10.6 Å². The molecule has 0 amide bonds. The maximum absolute atomic E-state index is 14.5. The number of nitrogens with zero attached hydrogens (tertiary/aromatic N) is 3. The van der Waals surface area contributed by atoms with E-state index in [9.17, 15) is 8.42 Å². The number of rotatable bonds is 7. The van der Waals surface area contributed by atoms with E-state index in [0.717, 1.165) is 62.5 Å². The quantitative estimate of drug-likeness (QED) is 0.404. The summed E-state index contributed by atoms with van der Waals surface area (Å²) in [5, 5.41) is 4.83. The number of benzene rings is 2. The Morgan fingerprint density at radius 1 is 0.765 bits per heavy atom. The Hall–Kier alpha value is -2.44. The Kier molecular flexibility index (Phi) is 7.16. The lowest BCUT2D eigenvalue weighted by molar-refractivity contribution is 0.170. The minimum Gasteiger partial charge on any atom is -0.266 e. The molecule has 5 nitrogen and oxygen atoms in total. The van der Waals surface area contributed by atoms with Crippen LogP contribution in [-0.2, 0) is 16.6 Å². The summed E-state index contributed by atoms with van der Waals surface area (Å²) < 4.78 is 32.7. The number of hydrogen-bond acceptors (Lipinski definition) is 3. The van der Waals surface area contributed by atoms with E-state index in [1.165, 1.54) is 12.8 Å². The largest absolute Gasteiger partial charge is 0.266 e. The normalized spacial score (nSPS) is 18.4. The zero-order valence-corrected chi connectivity index (χ0v) is 20.7. The van der Waals surface area contributed by atoms with Gasteiger partial charge in [-0.2, -0.15) is 9.40 Å². The van der Waals surface area contributed by atoms with Gasteiger partial charge in [0.2, 0.25) is 10.0 Å². The minimum absolute atomic E-state index is 0.1000. The van der Waals surface area contributed by atoms with E-state index in [-0.39, 0.29) is 12.1 Å². The van der Waals surface area contributed by atoms with Crippen LogP contribution in [0.25, 0.3) is 11.3 Å². The van der Waals surface area contributed by atoms with Gasteiger partial charge in [0.15, 0.2) is 0 Å². The molecule has 0 aliphatic heterocycles. The third kappa shape index (κ3) is 4.98. The summed E-state index contributed by atoms with van der Waals surface area (Å²) in [6.45, 7) is 0.545. The van der Waals surface area contributed by atoms with Gasteiger partial charge in [0, 0.05) is 23.8 Å². The molecule has 6 heteroatoms. The van der Waals surface area contributed by atoms with E-state index in [4.69, 9.17) is 5.10 Å². The zero-order valence-electron chi connectivity index (χ0n) is 19.9. The zero-order chi connectivity index (χ0) is 23.4. The summed E-state index contributed by atoms with van der Waals surface area (Å²) in [6, 6.07) is 20.1. The van der Waals surface area contributed by atoms with Gasteiger partial charge in [-0.15, -0.1) is 0 Å². The van der Waals surface area contributed by atoms with Crippen LogP contribution in [0, 0.1) is 0 Å². The first-order valence-corrected chi connectivity index (χ1v) is 14.3. The van der Waals surface area contributed by atoms with E-state index < -0.39 is 10.0 Å². The summed E-state index contributed by atoms with van der Waals surface area (Å²) in [4.78, 5) is 0.353. The van der Waals surface area contributed by atoms with E-state index in [1.807, 2.05) is 52.8 Å². The predicted molar refractivity (Wildman–Crippen MR) is 136 cm³/mol. The summed E-state index contributed by atoms with van der Waals surface area (Å²) >= 11 is 0. The van der Waals surface area contributed by atoms with Crippen molar-refractivity contribution in [2.45, 2.75) is 87.7 Å². The molecule has 3 aromatic rings. The van der Waals surface area contributed by atoms with Gasteiger partial charge in [-0.1, -0.05) is 99.2 Å².